The average Bonchev–Trinajstić information content (AvgIpc) is 3.09. The number of aryl methyl sites for hydroxylation is 1. The lowest BCUT2D eigenvalue weighted by Crippen LogP contribution is -2.44. The van der Waals surface area contributed by atoms with Gasteiger partial charge in [0.2, 0.25) is 10.0 Å². The first kappa shape index (κ1) is 20.3. The van der Waals surface area contributed by atoms with Crippen molar-refractivity contribution in [1.29, 1.82) is 0 Å². The molecule has 3 heterocycles. The number of sulfonamides is 1. The maximum Gasteiger partial charge on any atom is 0.268 e. The van der Waals surface area contributed by atoms with Crippen LogP contribution in [0.25, 0.3) is 0 Å². The number of hydrogen-bond acceptors (Lipinski definition) is 6. The summed E-state index contributed by atoms with van der Waals surface area (Å²) in [6.45, 7) is 4.17. The molecule has 10 heteroatoms. The molecule has 152 valence electrons. The number of rotatable bonds is 6. The van der Waals surface area contributed by atoms with Gasteiger partial charge in [-0.15, -0.1) is 0 Å². The van der Waals surface area contributed by atoms with Gasteiger partial charge < -0.3 is 19.7 Å². The Morgan fingerprint density at radius 1 is 1.18 bits per heavy atom. The van der Waals surface area contributed by atoms with Crippen molar-refractivity contribution in [3.05, 3.63) is 41.9 Å². The maximum absolute atomic E-state index is 12.5. The molecule has 3 rings (SSSR count). The van der Waals surface area contributed by atoms with Crippen LogP contribution < -0.4 is 14.9 Å². The molecular weight excluding hydrogens is 380 g/mol. The zero-order valence-corrected chi connectivity index (χ0v) is 17.2. The first-order chi connectivity index (χ1) is 13.3. The van der Waals surface area contributed by atoms with Crippen molar-refractivity contribution in [2.24, 2.45) is 7.05 Å². The van der Waals surface area contributed by atoms with Gasteiger partial charge in [0.15, 0.2) is 0 Å². The summed E-state index contributed by atoms with van der Waals surface area (Å²) in [6, 6.07) is 5.21. The van der Waals surface area contributed by atoms with E-state index in [2.05, 4.69) is 31.9 Å². The molecule has 1 aliphatic rings. The molecule has 2 aromatic heterocycles. The van der Waals surface area contributed by atoms with E-state index in [1.807, 2.05) is 12.1 Å². The summed E-state index contributed by atoms with van der Waals surface area (Å²) in [7, 11) is 1.49. The average molecular weight is 407 g/mol. The van der Waals surface area contributed by atoms with Gasteiger partial charge in [-0.3, -0.25) is 4.79 Å². The summed E-state index contributed by atoms with van der Waals surface area (Å²) in [5, 5.41) is 2.85. The van der Waals surface area contributed by atoms with Crippen LogP contribution >= 0.6 is 0 Å². The Morgan fingerprint density at radius 3 is 2.57 bits per heavy atom. The van der Waals surface area contributed by atoms with Crippen LogP contribution in [0.15, 0.2) is 35.5 Å². The Morgan fingerprint density at radius 2 is 1.89 bits per heavy atom. The Bertz CT molecular complexity index is 948. The van der Waals surface area contributed by atoms with E-state index in [1.54, 1.807) is 13.2 Å². The number of aromatic nitrogens is 2. The van der Waals surface area contributed by atoms with Crippen LogP contribution in [0.5, 0.6) is 0 Å². The van der Waals surface area contributed by atoms with Crippen LogP contribution in [0.2, 0.25) is 0 Å². The van der Waals surface area contributed by atoms with Crippen molar-refractivity contribution in [3.8, 4) is 0 Å². The molecule has 1 saturated heterocycles. The van der Waals surface area contributed by atoms with Crippen LogP contribution in [-0.2, 0) is 23.6 Å². The van der Waals surface area contributed by atoms with Gasteiger partial charge in [0.25, 0.3) is 5.91 Å². The minimum Gasteiger partial charge on any atom is -0.354 e. The fourth-order valence-corrected chi connectivity index (χ4v) is 3.88. The Kier molecular flexibility index (Phi) is 6.01. The number of anilines is 1. The Balaban J connectivity index is 1.66. The van der Waals surface area contributed by atoms with Crippen LogP contribution in [0.1, 0.15) is 16.1 Å². The largest absolute Gasteiger partial charge is 0.354 e. The quantitative estimate of drug-likeness (QED) is 0.701. The number of amides is 1. The number of hydrogen-bond donors (Lipinski definition) is 2. The minimum absolute atomic E-state index is 0.0592. The molecule has 0 unspecified atom stereocenters. The van der Waals surface area contributed by atoms with Crippen LogP contribution in [0.3, 0.4) is 0 Å². The Labute approximate surface area is 165 Å². The minimum atomic E-state index is -3.59. The van der Waals surface area contributed by atoms with Crippen molar-refractivity contribution < 1.29 is 13.2 Å². The summed E-state index contributed by atoms with van der Waals surface area (Å²) in [4.78, 5) is 21.5. The first-order valence-corrected chi connectivity index (χ1v) is 10.5. The molecule has 1 amide bonds. The number of nitrogens with zero attached hydrogens (tertiary/aromatic N) is 4. The molecular formula is C18H26N6O3S. The topological polar surface area (TPSA) is 99.6 Å². The highest BCUT2D eigenvalue weighted by molar-refractivity contribution is 7.89. The molecule has 0 saturated carbocycles. The van der Waals surface area contributed by atoms with E-state index in [-0.39, 0.29) is 16.5 Å². The van der Waals surface area contributed by atoms with E-state index in [4.69, 9.17) is 0 Å². The predicted octanol–water partition coefficient (Wildman–Crippen LogP) is 0.0100. The highest BCUT2D eigenvalue weighted by Gasteiger charge is 2.19. The molecule has 0 aromatic carbocycles. The normalized spacial score (nSPS) is 15.6. The third-order valence-electron chi connectivity index (χ3n) is 4.88. The van der Waals surface area contributed by atoms with Crippen molar-refractivity contribution in [2.75, 3.05) is 45.2 Å². The fourth-order valence-electron chi connectivity index (χ4n) is 3.08. The number of carbonyl (C=O) groups excluding carboxylic acids is 1. The highest BCUT2D eigenvalue weighted by atomic mass is 32.2. The fraction of sp³-hybridized carbons (Fsp3) is 0.444. The van der Waals surface area contributed by atoms with Gasteiger partial charge in [-0.1, -0.05) is 0 Å². The second kappa shape index (κ2) is 8.29. The zero-order valence-electron chi connectivity index (χ0n) is 16.3. The van der Waals surface area contributed by atoms with Crippen molar-refractivity contribution in [1.82, 2.24) is 24.5 Å². The summed E-state index contributed by atoms with van der Waals surface area (Å²) >= 11 is 0. The van der Waals surface area contributed by atoms with Crippen molar-refractivity contribution >= 4 is 21.7 Å². The Hall–Kier alpha value is -2.43. The molecule has 2 aromatic rings. The SMILES string of the molecule is CNS(=O)(=O)c1cc(C(=O)NCc2ccnc(N3CCN(C)CC3)c2)n(C)c1. The number of pyridine rings is 1. The number of nitrogens with one attached hydrogen (secondary N) is 2. The third kappa shape index (κ3) is 4.51. The van der Waals surface area contributed by atoms with E-state index < -0.39 is 10.0 Å². The van der Waals surface area contributed by atoms with Gasteiger partial charge in [-0.05, 0) is 37.9 Å². The molecule has 1 aliphatic heterocycles. The zero-order chi connectivity index (χ0) is 20.3. The molecule has 0 atom stereocenters. The molecule has 0 aliphatic carbocycles. The van der Waals surface area contributed by atoms with Crippen LogP contribution in [-0.4, -0.2) is 69.1 Å². The molecule has 2 N–H and O–H groups in total. The summed E-state index contributed by atoms with van der Waals surface area (Å²) in [5.74, 6) is 0.569. The number of likely N-dealkylation sites (N-methyl/N-ethyl adjacent to an activating group) is 1. The second-order valence-electron chi connectivity index (χ2n) is 6.87. The van der Waals surface area contributed by atoms with Crippen LogP contribution in [0.4, 0.5) is 5.82 Å². The second-order valence-corrected chi connectivity index (χ2v) is 8.76. The van der Waals surface area contributed by atoms with E-state index >= 15 is 0 Å². The van der Waals surface area contributed by atoms with E-state index in [0.29, 0.717) is 6.54 Å². The molecule has 0 spiro atoms. The summed E-state index contributed by atoms with van der Waals surface area (Å²) in [6.07, 6.45) is 3.16. The van der Waals surface area contributed by atoms with Gasteiger partial charge in [-0.25, -0.2) is 18.1 Å². The number of carbonyl (C=O) groups is 1. The smallest absolute Gasteiger partial charge is 0.268 e. The monoisotopic (exact) mass is 406 g/mol. The van der Waals surface area contributed by atoms with Gasteiger partial charge >= 0.3 is 0 Å². The number of piperazine rings is 1. The van der Waals surface area contributed by atoms with Gasteiger partial charge in [-0.2, -0.15) is 0 Å². The van der Waals surface area contributed by atoms with Gasteiger partial charge in [0, 0.05) is 52.2 Å². The standard InChI is InChI=1S/C18H26N6O3S/c1-19-28(26,27)15-11-16(23(3)13-15)18(25)21-12-14-4-5-20-17(10-14)24-8-6-22(2)7-9-24/h4-5,10-11,13,19H,6-9,12H2,1-3H3,(H,21,25). The van der Waals surface area contributed by atoms with Gasteiger partial charge in [0.05, 0.1) is 0 Å². The third-order valence-corrected chi connectivity index (χ3v) is 6.26. The highest BCUT2D eigenvalue weighted by Crippen LogP contribution is 2.16. The first-order valence-electron chi connectivity index (χ1n) is 9.06. The van der Waals surface area contributed by atoms with E-state index in [9.17, 15) is 13.2 Å². The molecule has 1 fully saturated rings. The van der Waals surface area contributed by atoms with Gasteiger partial charge in [0.1, 0.15) is 16.4 Å². The summed E-state index contributed by atoms with van der Waals surface area (Å²) in [5.41, 5.74) is 1.22. The summed E-state index contributed by atoms with van der Waals surface area (Å²) < 4.78 is 27.6. The molecule has 9 nitrogen and oxygen atoms in total. The lowest BCUT2D eigenvalue weighted by molar-refractivity contribution is 0.0942. The maximum atomic E-state index is 12.5. The van der Waals surface area contributed by atoms with Crippen molar-refractivity contribution in [3.63, 3.8) is 0 Å². The van der Waals surface area contributed by atoms with Crippen LogP contribution in [0, 0.1) is 0 Å². The van der Waals surface area contributed by atoms with E-state index in [0.717, 1.165) is 37.6 Å². The van der Waals surface area contributed by atoms with Crippen molar-refractivity contribution in [2.45, 2.75) is 11.4 Å². The molecule has 28 heavy (non-hydrogen) atoms. The van der Waals surface area contributed by atoms with E-state index in [1.165, 1.54) is 23.9 Å². The molecule has 0 bridgehead atoms. The predicted molar refractivity (Wildman–Crippen MR) is 107 cm³/mol. The molecule has 0 radical (unpaired) electrons. The lowest BCUT2D eigenvalue weighted by atomic mass is 10.2. The lowest BCUT2D eigenvalue weighted by Gasteiger charge is -2.33.